The van der Waals surface area contributed by atoms with Crippen molar-refractivity contribution in [2.75, 3.05) is 13.2 Å². The lowest BCUT2D eigenvalue weighted by Crippen LogP contribution is -2.30. The lowest BCUT2D eigenvalue weighted by Gasteiger charge is -2.18. The number of rotatable bonds is 46. The summed E-state index contributed by atoms with van der Waals surface area (Å²) in [5, 5.41) is 0. The fraction of sp³-hybridized carbons (Fsp3) is 0.644. The van der Waals surface area contributed by atoms with Gasteiger partial charge in [-0.15, -0.1) is 0 Å². The molecule has 6 nitrogen and oxygen atoms in total. The van der Waals surface area contributed by atoms with Crippen molar-refractivity contribution < 1.29 is 28.6 Å². The minimum atomic E-state index is -0.810. The Morgan fingerprint density at radius 1 is 0.323 bits per heavy atom. The Hall–Kier alpha value is -3.93. The van der Waals surface area contributed by atoms with Crippen LogP contribution in [0.2, 0.25) is 0 Å². The van der Waals surface area contributed by atoms with Gasteiger partial charge in [-0.1, -0.05) is 226 Å². The number of ether oxygens (including phenoxy) is 3. The summed E-state index contributed by atoms with van der Waals surface area (Å²) in [5.74, 6) is -1.00. The molecular weight excluding hydrogens is 805 g/mol. The second-order valence-corrected chi connectivity index (χ2v) is 17.0. The SMILES string of the molecule is CC/C=C\C/C=C\C/C=C\C/C=C\C/C=C\C/C=C\CCC(=O)OCC(COC(=O)CCCCCCCCCCC)OC(=O)CCCCCCCCCCC/C=C\C/C=C\C/C=C\CC. The normalized spacial score (nSPS) is 13.0. The van der Waals surface area contributed by atoms with Crippen molar-refractivity contribution in [2.45, 2.75) is 232 Å². The van der Waals surface area contributed by atoms with Crippen molar-refractivity contribution in [2.24, 2.45) is 0 Å². The summed E-state index contributed by atoms with van der Waals surface area (Å²) in [6.07, 6.45) is 70.9. The van der Waals surface area contributed by atoms with Crippen LogP contribution in [-0.4, -0.2) is 37.2 Å². The van der Waals surface area contributed by atoms with Crippen LogP contribution in [0.4, 0.5) is 0 Å². The first-order chi connectivity index (χ1) is 32.0. The highest BCUT2D eigenvalue weighted by Crippen LogP contribution is 2.14. The quantitative estimate of drug-likeness (QED) is 0.0262. The van der Waals surface area contributed by atoms with Crippen molar-refractivity contribution in [1.82, 2.24) is 0 Å². The second-order valence-electron chi connectivity index (χ2n) is 17.0. The third kappa shape index (κ3) is 50.9. The van der Waals surface area contributed by atoms with E-state index in [2.05, 4.69) is 124 Å². The van der Waals surface area contributed by atoms with Gasteiger partial charge in [-0.3, -0.25) is 14.4 Å². The molecule has 0 aromatic rings. The van der Waals surface area contributed by atoms with Gasteiger partial charge in [0.15, 0.2) is 6.10 Å². The van der Waals surface area contributed by atoms with Crippen LogP contribution in [0.5, 0.6) is 0 Å². The molecule has 0 aliphatic carbocycles. The van der Waals surface area contributed by atoms with Crippen molar-refractivity contribution in [3.63, 3.8) is 0 Å². The molecule has 0 aliphatic heterocycles. The molecule has 0 spiro atoms. The Bertz CT molecular complexity index is 1360. The lowest BCUT2D eigenvalue weighted by atomic mass is 10.1. The molecular formula is C59H96O6. The zero-order chi connectivity index (χ0) is 47.2. The van der Waals surface area contributed by atoms with Crippen LogP contribution in [0.15, 0.2) is 109 Å². The molecule has 0 fully saturated rings. The van der Waals surface area contributed by atoms with Crippen LogP contribution >= 0.6 is 0 Å². The standard InChI is InChI=1S/C59H96O6/c1-4-7-10-13-16-19-21-23-25-27-29-31-33-35-37-40-43-46-49-52-58(61)64-55-56(54-63-57(60)51-48-45-42-39-18-15-12-9-6-3)65-59(62)53-50-47-44-41-38-36-34-32-30-28-26-24-22-20-17-14-11-8-5-2/h7-8,10-11,16-17,19-20,23-26,29,31,35,37,43,46,56H,4-6,9,12-15,18,21-22,27-28,30,32-34,36,38-42,44-45,47-55H2,1-3H3/b10-7-,11-8-,19-16-,20-17-,25-23-,26-24-,31-29-,37-35-,46-43-. The Kier molecular flexibility index (Phi) is 49.5. The molecule has 1 atom stereocenters. The fourth-order valence-corrected chi connectivity index (χ4v) is 6.89. The van der Waals surface area contributed by atoms with E-state index in [9.17, 15) is 14.4 Å². The van der Waals surface area contributed by atoms with Gasteiger partial charge in [0.25, 0.3) is 0 Å². The van der Waals surface area contributed by atoms with Crippen LogP contribution in [0, 0.1) is 0 Å². The van der Waals surface area contributed by atoms with Gasteiger partial charge >= 0.3 is 17.9 Å². The number of hydrogen-bond acceptors (Lipinski definition) is 6. The summed E-state index contributed by atoms with van der Waals surface area (Å²) in [6.45, 7) is 6.32. The first-order valence-electron chi connectivity index (χ1n) is 26.4. The van der Waals surface area contributed by atoms with E-state index in [4.69, 9.17) is 14.2 Å². The van der Waals surface area contributed by atoms with Gasteiger partial charge in [0.05, 0.1) is 0 Å². The molecule has 1 unspecified atom stereocenters. The number of carbonyl (C=O) groups excluding carboxylic acids is 3. The molecule has 0 N–H and O–H groups in total. The van der Waals surface area contributed by atoms with Gasteiger partial charge in [-0.25, -0.2) is 0 Å². The fourth-order valence-electron chi connectivity index (χ4n) is 6.89. The summed E-state index contributed by atoms with van der Waals surface area (Å²) in [6, 6.07) is 0. The third-order valence-electron chi connectivity index (χ3n) is 10.8. The molecule has 0 aromatic heterocycles. The predicted molar refractivity (Wildman–Crippen MR) is 279 cm³/mol. The first-order valence-corrected chi connectivity index (χ1v) is 26.4. The molecule has 6 heteroatoms. The van der Waals surface area contributed by atoms with E-state index < -0.39 is 6.10 Å². The van der Waals surface area contributed by atoms with Crippen LogP contribution in [0.3, 0.4) is 0 Å². The van der Waals surface area contributed by atoms with E-state index in [1.165, 1.54) is 77.0 Å². The van der Waals surface area contributed by atoms with E-state index in [1.807, 2.05) is 6.08 Å². The molecule has 0 saturated heterocycles. The van der Waals surface area contributed by atoms with Gasteiger partial charge in [-0.2, -0.15) is 0 Å². The number of hydrogen-bond donors (Lipinski definition) is 0. The summed E-state index contributed by atoms with van der Waals surface area (Å²) in [4.78, 5) is 37.9. The van der Waals surface area contributed by atoms with E-state index in [0.717, 1.165) is 103 Å². The molecule has 65 heavy (non-hydrogen) atoms. The van der Waals surface area contributed by atoms with E-state index in [0.29, 0.717) is 19.3 Å². The largest absolute Gasteiger partial charge is 0.462 e. The smallest absolute Gasteiger partial charge is 0.306 e. The number of unbranched alkanes of at least 4 members (excludes halogenated alkanes) is 17. The molecule has 0 radical (unpaired) electrons. The third-order valence-corrected chi connectivity index (χ3v) is 10.8. The summed E-state index contributed by atoms with van der Waals surface area (Å²) >= 11 is 0. The van der Waals surface area contributed by atoms with Crippen LogP contribution < -0.4 is 0 Å². The minimum Gasteiger partial charge on any atom is -0.462 e. The van der Waals surface area contributed by atoms with Gasteiger partial charge < -0.3 is 14.2 Å². The summed E-state index contributed by atoms with van der Waals surface area (Å²) in [7, 11) is 0. The minimum absolute atomic E-state index is 0.104. The average Bonchev–Trinajstić information content (AvgIpc) is 3.30. The van der Waals surface area contributed by atoms with E-state index in [-0.39, 0.29) is 37.5 Å². The topological polar surface area (TPSA) is 78.9 Å². The molecule has 0 saturated carbocycles. The highest BCUT2D eigenvalue weighted by Gasteiger charge is 2.19. The highest BCUT2D eigenvalue weighted by molar-refractivity contribution is 5.71. The molecule has 0 bridgehead atoms. The van der Waals surface area contributed by atoms with Gasteiger partial charge in [-0.05, 0) is 89.9 Å². The zero-order valence-electron chi connectivity index (χ0n) is 42.0. The van der Waals surface area contributed by atoms with E-state index in [1.54, 1.807) is 0 Å². The molecule has 368 valence electrons. The summed E-state index contributed by atoms with van der Waals surface area (Å²) < 4.78 is 16.7. The molecule has 0 amide bonds. The van der Waals surface area contributed by atoms with Crippen LogP contribution in [-0.2, 0) is 28.6 Å². The van der Waals surface area contributed by atoms with Crippen LogP contribution in [0.1, 0.15) is 226 Å². The highest BCUT2D eigenvalue weighted by atomic mass is 16.6. The first kappa shape index (κ1) is 61.1. The predicted octanol–water partition coefficient (Wildman–Crippen LogP) is 17.5. The van der Waals surface area contributed by atoms with Crippen molar-refractivity contribution >= 4 is 17.9 Å². The molecule has 0 rings (SSSR count). The Morgan fingerprint density at radius 2 is 0.631 bits per heavy atom. The Labute approximate surface area is 400 Å². The number of allylic oxidation sites excluding steroid dienone is 18. The van der Waals surface area contributed by atoms with E-state index >= 15 is 0 Å². The molecule has 0 heterocycles. The maximum Gasteiger partial charge on any atom is 0.306 e. The van der Waals surface area contributed by atoms with Crippen LogP contribution in [0.25, 0.3) is 0 Å². The van der Waals surface area contributed by atoms with Crippen molar-refractivity contribution in [3.8, 4) is 0 Å². The maximum absolute atomic E-state index is 12.8. The number of carbonyl (C=O) groups is 3. The Morgan fingerprint density at radius 3 is 1.03 bits per heavy atom. The van der Waals surface area contributed by atoms with Gasteiger partial charge in [0.2, 0.25) is 0 Å². The monoisotopic (exact) mass is 901 g/mol. The molecule has 0 aromatic carbocycles. The molecule has 0 aliphatic rings. The number of esters is 3. The maximum atomic E-state index is 12.8. The van der Waals surface area contributed by atoms with Crippen molar-refractivity contribution in [1.29, 1.82) is 0 Å². The lowest BCUT2D eigenvalue weighted by molar-refractivity contribution is -0.166. The average molecular weight is 901 g/mol. The van der Waals surface area contributed by atoms with Gasteiger partial charge in [0, 0.05) is 19.3 Å². The van der Waals surface area contributed by atoms with Gasteiger partial charge in [0.1, 0.15) is 13.2 Å². The summed E-state index contributed by atoms with van der Waals surface area (Å²) in [5.41, 5.74) is 0. The Balaban J connectivity index is 4.44. The van der Waals surface area contributed by atoms with Crippen molar-refractivity contribution in [3.05, 3.63) is 109 Å². The second kappa shape index (κ2) is 52.7. The zero-order valence-corrected chi connectivity index (χ0v) is 42.0.